The average molecular weight is 357 g/mol. The molecule has 0 bridgehead atoms. The molecule has 1 amide bonds. The van der Waals surface area contributed by atoms with E-state index in [1.54, 1.807) is 0 Å². The summed E-state index contributed by atoms with van der Waals surface area (Å²) >= 11 is 3.53. The molecule has 1 atom stereocenters. The number of nitrogens with one attached hydrogen (secondary N) is 2. The van der Waals surface area contributed by atoms with Gasteiger partial charge in [-0.1, -0.05) is 15.9 Å². The van der Waals surface area contributed by atoms with Crippen molar-refractivity contribution in [3.05, 3.63) is 22.2 Å². The Morgan fingerprint density at radius 1 is 1.33 bits per heavy atom. The predicted molar refractivity (Wildman–Crippen MR) is 84.9 cm³/mol. The first kappa shape index (κ1) is 16.1. The van der Waals surface area contributed by atoms with E-state index in [1.165, 1.54) is 0 Å². The molecule has 2 N–H and O–H groups in total. The summed E-state index contributed by atoms with van der Waals surface area (Å²) in [5.74, 6) is 1.53. The van der Waals surface area contributed by atoms with Crippen LogP contribution in [0, 0.1) is 0 Å². The number of amides is 1. The number of hydrogen-bond acceptors (Lipinski definition) is 4. The Morgan fingerprint density at radius 3 is 2.67 bits per heavy atom. The van der Waals surface area contributed by atoms with Crippen LogP contribution in [0.15, 0.2) is 16.6 Å². The molecule has 1 aromatic carbocycles. The zero-order chi connectivity index (χ0) is 15.2. The molecule has 1 aliphatic heterocycles. The van der Waals surface area contributed by atoms with Gasteiger partial charge in [0.25, 0.3) is 0 Å². The molecule has 1 heterocycles. The minimum atomic E-state index is -0.0858. The van der Waals surface area contributed by atoms with Crippen molar-refractivity contribution >= 4 is 21.8 Å². The average Bonchev–Trinajstić information content (AvgIpc) is 2.46. The lowest BCUT2D eigenvalue weighted by Crippen LogP contribution is -2.27. The van der Waals surface area contributed by atoms with E-state index in [-0.39, 0.29) is 11.9 Å². The van der Waals surface area contributed by atoms with E-state index in [0.29, 0.717) is 19.6 Å². The van der Waals surface area contributed by atoms with Crippen molar-refractivity contribution in [2.24, 2.45) is 0 Å². The van der Waals surface area contributed by atoms with E-state index in [2.05, 4.69) is 26.6 Å². The zero-order valence-corrected chi connectivity index (χ0v) is 14.0. The first-order valence-electron chi connectivity index (χ1n) is 7.15. The minimum Gasteiger partial charge on any atom is -0.486 e. The van der Waals surface area contributed by atoms with Crippen molar-refractivity contribution in [3.63, 3.8) is 0 Å². The highest BCUT2D eigenvalue weighted by molar-refractivity contribution is 9.10. The van der Waals surface area contributed by atoms with Gasteiger partial charge in [-0.25, -0.2) is 0 Å². The van der Waals surface area contributed by atoms with Gasteiger partial charge in [0.15, 0.2) is 11.5 Å². The molecule has 1 aromatic rings. The van der Waals surface area contributed by atoms with Crippen LogP contribution in [0.25, 0.3) is 0 Å². The molecule has 5 nitrogen and oxygen atoms in total. The number of hydrogen-bond donors (Lipinski definition) is 2. The molecule has 0 saturated heterocycles. The number of fused-ring (bicyclic) bond motifs is 1. The Bertz CT molecular complexity index is 508. The fourth-order valence-electron chi connectivity index (χ4n) is 2.23. The third-order valence-electron chi connectivity index (χ3n) is 3.34. The summed E-state index contributed by atoms with van der Waals surface area (Å²) < 4.78 is 12.0. The molecule has 21 heavy (non-hydrogen) atoms. The molecule has 0 fully saturated rings. The van der Waals surface area contributed by atoms with E-state index in [1.807, 2.05) is 26.1 Å². The second-order valence-electron chi connectivity index (χ2n) is 5.01. The molecule has 1 aliphatic rings. The Hall–Kier alpha value is -1.27. The van der Waals surface area contributed by atoms with Gasteiger partial charge in [0, 0.05) is 10.9 Å². The Kier molecular flexibility index (Phi) is 5.87. The van der Waals surface area contributed by atoms with Crippen LogP contribution >= 0.6 is 15.9 Å². The Morgan fingerprint density at radius 2 is 2.00 bits per heavy atom. The van der Waals surface area contributed by atoms with Crippen molar-refractivity contribution in [2.75, 3.05) is 26.8 Å². The summed E-state index contributed by atoms with van der Waals surface area (Å²) in [6.07, 6.45) is 1.35. The van der Waals surface area contributed by atoms with Crippen molar-refractivity contribution in [1.29, 1.82) is 0 Å². The zero-order valence-electron chi connectivity index (χ0n) is 12.4. The topological polar surface area (TPSA) is 59.6 Å². The van der Waals surface area contributed by atoms with Gasteiger partial charge < -0.3 is 20.1 Å². The van der Waals surface area contributed by atoms with Gasteiger partial charge in [-0.05, 0) is 44.6 Å². The summed E-state index contributed by atoms with van der Waals surface area (Å²) in [5.41, 5.74) is 0.987. The number of carbonyl (C=O) groups excluding carboxylic acids is 1. The summed E-state index contributed by atoms with van der Waals surface area (Å²) in [7, 11) is 1.88. The van der Waals surface area contributed by atoms with Gasteiger partial charge in [-0.15, -0.1) is 0 Å². The van der Waals surface area contributed by atoms with Gasteiger partial charge in [-0.3, -0.25) is 4.79 Å². The predicted octanol–water partition coefficient (Wildman–Crippen LogP) is 2.40. The second kappa shape index (κ2) is 7.66. The van der Waals surface area contributed by atoms with Crippen LogP contribution in [0.5, 0.6) is 11.5 Å². The molecule has 2 rings (SSSR count). The van der Waals surface area contributed by atoms with Gasteiger partial charge in [-0.2, -0.15) is 0 Å². The molecular weight excluding hydrogens is 336 g/mol. The summed E-state index contributed by atoms with van der Waals surface area (Å²) in [6, 6.07) is 3.74. The SMILES string of the molecule is CNCCCC(=O)NC(C)c1cc2c(cc1Br)OCCO2. The van der Waals surface area contributed by atoms with Gasteiger partial charge >= 0.3 is 0 Å². The molecule has 0 radical (unpaired) electrons. The summed E-state index contributed by atoms with van der Waals surface area (Å²) in [6.45, 7) is 3.93. The van der Waals surface area contributed by atoms with E-state index in [9.17, 15) is 4.79 Å². The Labute approximate surface area is 133 Å². The fourth-order valence-corrected chi connectivity index (χ4v) is 2.89. The number of halogens is 1. The van der Waals surface area contributed by atoms with Gasteiger partial charge in [0.1, 0.15) is 13.2 Å². The highest BCUT2D eigenvalue weighted by Crippen LogP contribution is 2.37. The number of benzene rings is 1. The van der Waals surface area contributed by atoms with E-state index >= 15 is 0 Å². The molecule has 0 aliphatic carbocycles. The van der Waals surface area contributed by atoms with Crippen molar-refractivity contribution in [2.45, 2.75) is 25.8 Å². The normalized spacial score (nSPS) is 14.6. The van der Waals surface area contributed by atoms with Crippen LogP contribution in [0.3, 0.4) is 0 Å². The first-order valence-corrected chi connectivity index (χ1v) is 7.94. The molecule has 0 spiro atoms. The van der Waals surface area contributed by atoms with Crippen LogP contribution in [0.4, 0.5) is 0 Å². The molecule has 0 aromatic heterocycles. The summed E-state index contributed by atoms with van der Waals surface area (Å²) in [4.78, 5) is 11.9. The highest BCUT2D eigenvalue weighted by Gasteiger charge is 2.19. The molecular formula is C15H21BrN2O3. The minimum absolute atomic E-state index is 0.0551. The maximum absolute atomic E-state index is 11.9. The van der Waals surface area contributed by atoms with E-state index in [0.717, 1.165) is 34.5 Å². The number of carbonyl (C=O) groups is 1. The lowest BCUT2D eigenvalue weighted by atomic mass is 10.1. The standard InChI is InChI=1S/C15H21BrN2O3/c1-10(18-15(19)4-3-5-17-2)11-8-13-14(9-12(11)16)21-7-6-20-13/h8-10,17H,3-7H2,1-2H3,(H,18,19). The Balaban J connectivity index is 2.01. The van der Waals surface area contributed by atoms with Crippen LogP contribution in [-0.4, -0.2) is 32.7 Å². The lowest BCUT2D eigenvalue weighted by molar-refractivity contribution is -0.121. The molecule has 0 saturated carbocycles. The number of rotatable bonds is 6. The first-order chi connectivity index (χ1) is 10.1. The van der Waals surface area contributed by atoms with Gasteiger partial charge in [0.2, 0.25) is 5.91 Å². The third kappa shape index (κ3) is 4.35. The van der Waals surface area contributed by atoms with Crippen LogP contribution in [-0.2, 0) is 4.79 Å². The maximum atomic E-state index is 11.9. The van der Waals surface area contributed by atoms with Crippen LogP contribution in [0.2, 0.25) is 0 Å². The lowest BCUT2D eigenvalue weighted by Gasteiger charge is -2.22. The molecule has 1 unspecified atom stereocenters. The van der Waals surface area contributed by atoms with Gasteiger partial charge in [0.05, 0.1) is 6.04 Å². The molecule has 6 heteroatoms. The third-order valence-corrected chi connectivity index (χ3v) is 4.02. The van der Waals surface area contributed by atoms with Crippen molar-refractivity contribution in [1.82, 2.24) is 10.6 Å². The maximum Gasteiger partial charge on any atom is 0.220 e. The molecule has 116 valence electrons. The van der Waals surface area contributed by atoms with Crippen LogP contribution < -0.4 is 20.1 Å². The van der Waals surface area contributed by atoms with E-state index < -0.39 is 0 Å². The van der Waals surface area contributed by atoms with Crippen molar-refractivity contribution in [3.8, 4) is 11.5 Å². The monoisotopic (exact) mass is 356 g/mol. The quantitative estimate of drug-likeness (QED) is 0.768. The highest BCUT2D eigenvalue weighted by atomic mass is 79.9. The largest absolute Gasteiger partial charge is 0.486 e. The second-order valence-corrected chi connectivity index (χ2v) is 5.87. The number of ether oxygens (including phenoxy) is 2. The fraction of sp³-hybridized carbons (Fsp3) is 0.533. The van der Waals surface area contributed by atoms with E-state index in [4.69, 9.17) is 9.47 Å². The van der Waals surface area contributed by atoms with Crippen LogP contribution in [0.1, 0.15) is 31.4 Å². The summed E-state index contributed by atoms with van der Waals surface area (Å²) in [5, 5.41) is 6.04. The van der Waals surface area contributed by atoms with Crippen molar-refractivity contribution < 1.29 is 14.3 Å². The smallest absolute Gasteiger partial charge is 0.220 e.